The van der Waals surface area contributed by atoms with Crippen molar-refractivity contribution in [1.29, 1.82) is 0 Å². The number of halogens is 4. The molecule has 1 N–H and O–H groups in total. The third kappa shape index (κ3) is 6.22. The molecule has 0 amide bonds. The summed E-state index contributed by atoms with van der Waals surface area (Å²) in [5.41, 5.74) is 2.98. The quantitative estimate of drug-likeness (QED) is 0.215. The van der Waals surface area contributed by atoms with Gasteiger partial charge in [-0.3, -0.25) is 14.3 Å². The molecule has 4 heterocycles. The van der Waals surface area contributed by atoms with Gasteiger partial charge in [0.2, 0.25) is 11.8 Å². The fourth-order valence-corrected chi connectivity index (χ4v) is 5.70. The summed E-state index contributed by atoms with van der Waals surface area (Å²) in [6.07, 6.45) is -3.14. The zero-order valence-corrected chi connectivity index (χ0v) is 25.5. The van der Waals surface area contributed by atoms with Gasteiger partial charge in [-0.05, 0) is 57.2 Å². The molecule has 14 heteroatoms. The molecule has 0 unspecified atom stereocenters. The number of pyridine rings is 1. The molecule has 1 aliphatic rings. The summed E-state index contributed by atoms with van der Waals surface area (Å²) in [5, 5.41) is 7.37. The number of hydrogen-bond donors (Lipinski definition) is 1. The lowest BCUT2D eigenvalue weighted by atomic mass is 10.0. The van der Waals surface area contributed by atoms with Gasteiger partial charge in [-0.25, -0.2) is 4.98 Å². The third-order valence-electron chi connectivity index (χ3n) is 7.86. The highest BCUT2D eigenvalue weighted by Crippen LogP contribution is 2.33. The van der Waals surface area contributed by atoms with Crippen LogP contribution in [0.2, 0.25) is 5.02 Å². The van der Waals surface area contributed by atoms with E-state index in [2.05, 4.69) is 65.7 Å². The molecule has 10 nitrogen and oxygen atoms in total. The summed E-state index contributed by atoms with van der Waals surface area (Å²) >= 11 is 6.52. The smallest absolute Gasteiger partial charge is 0.369 e. The average molecular weight is 639 g/mol. The molecule has 3 aromatic heterocycles. The lowest BCUT2D eigenvalue weighted by Crippen LogP contribution is -2.48. The average Bonchev–Trinajstić information content (AvgIpc) is 3.53. The molecule has 0 atom stereocenters. The lowest BCUT2D eigenvalue weighted by Gasteiger charge is -2.38. The van der Waals surface area contributed by atoms with Crippen molar-refractivity contribution >= 4 is 40.0 Å². The Kier molecular flexibility index (Phi) is 8.23. The molecule has 1 aliphatic heterocycles. The molecule has 2 aromatic carbocycles. The van der Waals surface area contributed by atoms with Gasteiger partial charge in [-0.15, -0.1) is 0 Å². The Hall–Kier alpha value is -4.49. The second-order valence-corrected chi connectivity index (χ2v) is 11.4. The molecule has 234 valence electrons. The van der Waals surface area contributed by atoms with Crippen LogP contribution < -0.4 is 15.8 Å². The Bertz CT molecular complexity index is 1900. The first-order valence-electron chi connectivity index (χ1n) is 14.5. The first-order chi connectivity index (χ1) is 21.5. The Morgan fingerprint density at radius 3 is 2.36 bits per heavy atom. The number of hydrogen-bond acceptors (Lipinski definition) is 9. The summed E-state index contributed by atoms with van der Waals surface area (Å²) in [6, 6.07) is 14.7. The minimum absolute atomic E-state index is 0.134. The lowest BCUT2D eigenvalue weighted by molar-refractivity contribution is -0.159. The number of alkyl halides is 3. The number of aryl methyl sites for hydroxylation is 1. The van der Waals surface area contributed by atoms with Crippen molar-refractivity contribution in [1.82, 2.24) is 29.6 Å². The molecule has 1 saturated heterocycles. The van der Waals surface area contributed by atoms with Crippen molar-refractivity contribution in [3.63, 3.8) is 0 Å². The number of benzene rings is 2. The molecular formula is C31H30ClF3N8O2. The summed E-state index contributed by atoms with van der Waals surface area (Å²) in [7, 11) is 0. The van der Waals surface area contributed by atoms with E-state index in [9.17, 15) is 18.0 Å². The maximum absolute atomic E-state index is 13.6. The molecule has 0 aliphatic carbocycles. The van der Waals surface area contributed by atoms with Crippen LogP contribution in [0.3, 0.4) is 0 Å². The van der Waals surface area contributed by atoms with Gasteiger partial charge < -0.3 is 14.7 Å². The summed E-state index contributed by atoms with van der Waals surface area (Å²) in [5.74, 6) is -1.39. The Labute approximate surface area is 261 Å². The van der Waals surface area contributed by atoms with Crippen LogP contribution >= 0.6 is 11.6 Å². The van der Waals surface area contributed by atoms with E-state index >= 15 is 0 Å². The Morgan fingerprint density at radius 2 is 1.73 bits per heavy atom. The van der Waals surface area contributed by atoms with Crippen LogP contribution in [0.5, 0.6) is 0 Å². The fourth-order valence-electron chi connectivity index (χ4n) is 5.42. The molecule has 0 spiro atoms. The summed E-state index contributed by atoms with van der Waals surface area (Å²) in [6.45, 7) is 10.6. The van der Waals surface area contributed by atoms with E-state index in [0.717, 1.165) is 37.6 Å². The van der Waals surface area contributed by atoms with E-state index in [-0.39, 0.29) is 22.0 Å². The van der Waals surface area contributed by atoms with Crippen molar-refractivity contribution in [2.24, 2.45) is 0 Å². The van der Waals surface area contributed by atoms with Gasteiger partial charge >= 0.3 is 12.1 Å². The molecule has 0 bridgehead atoms. The van der Waals surface area contributed by atoms with Crippen LogP contribution in [-0.2, 0) is 12.7 Å². The van der Waals surface area contributed by atoms with E-state index in [1.54, 1.807) is 12.3 Å². The van der Waals surface area contributed by atoms with Crippen LogP contribution in [0.1, 0.15) is 26.7 Å². The second kappa shape index (κ2) is 12.1. The van der Waals surface area contributed by atoms with Gasteiger partial charge in [-0.2, -0.15) is 23.1 Å². The zero-order valence-electron chi connectivity index (χ0n) is 24.8. The van der Waals surface area contributed by atoms with Crippen LogP contribution in [0.25, 0.3) is 33.5 Å². The van der Waals surface area contributed by atoms with E-state index in [1.807, 2.05) is 19.1 Å². The summed E-state index contributed by atoms with van der Waals surface area (Å²) < 4.78 is 44.5. The standard InChI is InChI=1S/C31H30ClF3N8O2/c1-4-43-27-20(15-24(28(43)44)23-10-5-19(16-25(23)32)26-38-29(45-40-26)31(33,34)35)17-36-30(39-27)37-21-6-8-22(9-7-21)42-13-11-41(12-14-42)18(2)3/h5-10,15-18H,4,11-14H2,1-3H3,(H,36,37,39). The second-order valence-electron chi connectivity index (χ2n) is 11.0. The number of nitrogens with zero attached hydrogens (tertiary/aromatic N) is 7. The number of aromatic nitrogens is 5. The van der Waals surface area contributed by atoms with E-state index in [1.165, 1.54) is 22.8 Å². The molecule has 6 rings (SSSR count). The first kappa shape index (κ1) is 30.5. The largest absolute Gasteiger partial charge is 0.471 e. The fraction of sp³-hybridized carbons (Fsp3) is 0.323. The predicted octanol–water partition coefficient (Wildman–Crippen LogP) is 6.47. The zero-order chi connectivity index (χ0) is 31.9. The molecular weight excluding hydrogens is 609 g/mol. The van der Waals surface area contributed by atoms with Crippen molar-refractivity contribution < 1.29 is 17.7 Å². The van der Waals surface area contributed by atoms with E-state index in [0.29, 0.717) is 40.7 Å². The normalized spacial score (nSPS) is 14.4. The van der Waals surface area contributed by atoms with E-state index in [4.69, 9.17) is 11.6 Å². The highest BCUT2D eigenvalue weighted by Gasteiger charge is 2.38. The maximum Gasteiger partial charge on any atom is 0.471 e. The molecule has 0 saturated carbocycles. The van der Waals surface area contributed by atoms with Crippen molar-refractivity contribution in [2.75, 3.05) is 36.4 Å². The maximum atomic E-state index is 13.6. The van der Waals surface area contributed by atoms with Gasteiger partial charge in [0, 0.05) is 83.4 Å². The van der Waals surface area contributed by atoms with Crippen LogP contribution in [0, 0.1) is 0 Å². The predicted molar refractivity (Wildman–Crippen MR) is 167 cm³/mol. The third-order valence-corrected chi connectivity index (χ3v) is 8.18. The number of anilines is 3. The molecule has 5 aromatic rings. The van der Waals surface area contributed by atoms with E-state index < -0.39 is 12.1 Å². The topological polar surface area (TPSA) is 105 Å². The number of piperazine rings is 1. The Morgan fingerprint density at radius 1 is 1.00 bits per heavy atom. The van der Waals surface area contributed by atoms with Crippen molar-refractivity contribution in [3.05, 3.63) is 76.0 Å². The molecule has 45 heavy (non-hydrogen) atoms. The van der Waals surface area contributed by atoms with Gasteiger partial charge in [0.1, 0.15) is 5.65 Å². The number of nitrogens with one attached hydrogen (secondary N) is 1. The molecule has 0 radical (unpaired) electrons. The van der Waals surface area contributed by atoms with Crippen LogP contribution in [0.4, 0.5) is 30.5 Å². The summed E-state index contributed by atoms with van der Waals surface area (Å²) in [4.78, 5) is 31.0. The molecule has 1 fully saturated rings. The van der Waals surface area contributed by atoms with Gasteiger partial charge in [0.15, 0.2) is 0 Å². The Balaban J connectivity index is 1.24. The highest BCUT2D eigenvalue weighted by molar-refractivity contribution is 6.33. The van der Waals surface area contributed by atoms with Crippen LogP contribution in [-0.4, -0.2) is 61.8 Å². The van der Waals surface area contributed by atoms with Gasteiger partial charge in [0.05, 0.1) is 0 Å². The number of rotatable bonds is 7. The van der Waals surface area contributed by atoms with Crippen LogP contribution in [0.15, 0.2) is 64.0 Å². The van der Waals surface area contributed by atoms with Crippen molar-refractivity contribution in [3.8, 4) is 22.5 Å². The highest BCUT2D eigenvalue weighted by atomic mass is 35.5. The van der Waals surface area contributed by atoms with Crippen molar-refractivity contribution in [2.45, 2.75) is 39.5 Å². The SMILES string of the molecule is CCn1c(=O)c(-c2ccc(-c3noc(C(F)(F)F)n3)cc2Cl)cc2cnc(Nc3ccc(N4CCN(C(C)C)CC4)cc3)nc21. The first-order valence-corrected chi connectivity index (χ1v) is 14.9. The minimum atomic E-state index is -4.77. The van der Waals surface area contributed by atoms with Gasteiger partial charge in [-0.1, -0.05) is 28.9 Å². The van der Waals surface area contributed by atoms with Gasteiger partial charge in [0.25, 0.3) is 5.56 Å². The minimum Gasteiger partial charge on any atom is -0.369 e. The monoisotopic (exact) mass is 638 g/mol. The number of fused-ring (bicyclic) bond motifs is 1.